The van der Waals surface area contributed by atoms with E-state index in [1.165, 1.54) is 11.3 Å². The van der Waals surface area contributed by atoms with Crippen molar-refractivity contribution in [2.45, 2.75) is 38.1 Å². The van der Waals surface area contributed by atoms with E-state index < -0.39 is 0 Å². The van der Waals surface area contributed by atoms with Gasteiger partial charge in [-0.15, -0.1) is 11.3 Å². The fourth-order valence-electron chi connectivity index (χ4n) is 2.71. The molecule has 1 fully saturated rings. The van der Waals surface area contributed by atoms with Crippen LogP contribution in [-0.4, -0.2) is 36.1 Å². The predicted octanol–water partition coefficient (Wildman–Crippen LogP) is 1.54. The molecule has 2 atom stereocenters. The van der Waals surface area contributed by atoms with E-state index in [0.717, 1.165) is 32.1 Å². The maximum Gasteiger partial charge on any atom is 0.261 e. The van der Waals surface area contributed by atoms with Gasteiger partial charge in [-0.25, -0.2) is 0 Å². The van der Waals surface area contributed by atoms with E-state index in [0.29, 0.717) is 4.88 Å². The average molecular weight is 310 g/mol. The van der Waals surface area contributed by atoms with E-state index in [1.807, 2.05) is 5.38 Å². The summed E-state index contributed by atoms with van der Waals surface area (Å²) in [5.74, 6) is -0.283. The van der Waals surface area contributed by atoms with Gasteiger partial charge in [0.05, 0.1) is 11.4 Å². The van der Waals surface area contributed by atoms with Crippen LogP contribution in [0.2, 0.25) is 0 Å². The Morgan fingerprint density at radius 3 is 2.81 bits per heavy atom. The van der Waals surface area contributed by atoms with Crippen molar-refractivity contribution >= 4 is 23.2 Å². The summed E-state index contributed by atoms with van der Waals surface area (Å²) < 4.78 is 0. The van der Waals surface area contributed by atoms with E-state index in [2.05, 4.69) is 10.6 Å². The van der Waals surface area contributed by atoms with Crippen LogP contribution in [0.4, 0.5) is 0 Å². The first kappa shape index (κ1) is 16.0. The number of aliphatic hydroxyl groups excluding tert-OH is 1. The van der Waals surface area contributed by atoms with Crippen LogP contribution in [0.15, 0.2) is 17.5 Å². The highest BCUT2D eigenvalue weighted by molar-refractivity contribution is 7.12. The van der Waals surface area contributed by atoms with Crippen molar-refractivity contribution in [3.63, 3.8) is 0 Å². The third kappa shape index (κ3) is 4.82. The molecule has 0 aliphatic heterocycles. The standard InChI is InChI=1S/C15H22N2O3S/c18-10-11-5-2-1-3-6-12(11)17-14(19)9-16-15(20)13-7-4-8-21-13/h4,7-8,11-12,18H,1-3,5-6,9-10H2,(H,16,20)(H,17,19). The van der Waals surface area contributed by atoms with E-state index in [4.69, 9.17) is 0 Å². The van der Waals surface area contributed by atoms with Crippen molar-refractivity contribution in [3.8, 4) is 0 Å². The summed E-state index contributed by atoms with van der Waals surface area (Å²) in [6.45, 7) is 0.0812. The highest BCUT2D eigenvalue weighted by Crippen LogP contribution is 2.23. The van der Waals surface area contributed by atoms with Crippen molar-refractivity contribution in [2.24, 2.45) is 5.92 Å². The van der Waals surface area contributed by atoms with Crippen molar-refractivity contribution in [1.29, 1.82) is 0 Å². The predicted molar refractivity (Wildman–Crippen MR) is 82.2 cm³/mol. The number of thiophene rings is 1. The summed E-state index contributed by atoms with van der Waals surface area (Å²) in [6, 6.07) is 3.55. The van der Waals surface area contributed by atoms with Crippen LogP contribution in [0.1, 0.15) is 41.8 Å². The van der Waals surface area contributed by atoms with Crippen molar-refractivity contribution in [1.82, 2.24) is 10.6 Å². The Balaban J connectivity index is 1.79. The molecule has 0 radical (unpaired) electrons. The molecule has 2 rings (SSSR count). The second-order valence-corrected chi connectivity index (χ2v) is 6.36. The summed E-state index contributed by atoms with van der Waals surface area (Å²) in [7, 11) is 0. The average Bonchev–Trinajstić information content (AvgIpc) is 2.93. The lowest BCUT2D eigenvalue weighted by Gasteiger charge is -2.24. The van der Waals surface area contributed by atoms with Gasteiger partial charge in [-0.3, -0.25) is 9.59 Å². The van der Waals surface area contributed by atoms with E-state index in [-0.39, 0.29) is 36.9 Å². The second kappa shape index (κ2) is 8.14. The molecular weight excluding hydrogens is 288 g/mol. The maximum absolute atomic E-state index is 12.0. The van der Waals surface area contributed by atoms with Crippen LogP contribution >= 0.6 is 11.3 Å². The smallest absolute Gasteiger partial charge is 0.261 e. The Labute approximate surface area is 128 Å². The molecule has 0 saturated heterocycles. The molecule has 1 heterocycles. The molecule has 21 heavy (non-hydrogen) atoms. The third-order valence-corrected chi connectivity index (χ3v) is 4.76. The molecule has 0 spiro atoms. The maximum atomic E-state index is 12.0. The lowest BCUT2D eigenvalue weighted by Crippen LogP contribution is -2.45. The fourth-order valence-corrected chi connectivity index (χ4v) is 3.35. The van der Waals surface area contributed by atoms with Gasteiger partial charge in [0.15, 0.2) is 0 Å². The van der Waals surface area contributed by atoms with Crippen molar-refractivity contribution < 1.29 is 14.7 Å². The molecule has 1 aliphatic rings. The Bertz CT molecular complexity index is 461. The van der Waals surface area contributed by atoms with Gasteiger partial charge >= 0.3 is 0 Å². The van der Waals surface area contributed by atoms with Gasteiger partial charge in [0.1, 0.15) is 0 Å². The summed E-state index contributed by atoms with van der Waals surface area (Å²) in [5.41, 5.74) is 0. The normalized spacial score (nSPS) is 22.3. The lowest BCUT2D eigenvalue weighted by atomic mass is 9.95. The molecule has 6 heteroatoms. The number of carbonyl (C=O) groups excluding carboxylic acids is 2. The SMILES string of the molecule is O=C(CNC(=O)c1cccs1)NC1CCCCCC1CO. The zero-order chi connectivity index (χ0) is 15.1. The number of carbonyl (C=O) groups is 2. The molecule has 0 aromatic carbocycles. The number of aliphatic hydroxyl groups is 1. The van der Waals surface area contributed by atoms with Gasteiger partial charge < -0.3 is 15.7 Å². The minimum Gasteiger partial charge on any atom is -0.396 e. The van der Waals surface area contributed by atoms with Gasteiger partial charge in [0, 0.05) is 18.6 Å². The summed E-state index contributed by atoms with van der Waals surface area (Å²) in [4.78, 5) is 24.3. The highest BCUT2D eigenvalue weighted by atomic mass is 32.1. The summed E-state index contributed by atoms with van der Waals surface area (Å²) >= 11 is 1.35. The first-order valence-electron chi connectivity index (χ1n) is 7.42. The Morgan fingerprint density at radius 1 is 1.29 bits per heavy atom. The van der Waals surface area contributed by atoms with Crippen LogP contribution < -0.4 is 10.6 Å². The number of amides is 2. The first-order chi connectivity index (χ1) is 10.2. The highest BCUT2D eigenvalue weighted by Gasteiger charge is 2.24. The van der Waals surface area contributed by atoms with Crippen LogP contribution in [-0.2, 0) is 4.79 Å². The second-order valence-electron chi connectivity index (χ2n) is 5.41. The largest absolute Gasteiger partial charge is 0.396 e. The third-order valence-electron chi connectivity index (χ3n) is 3.89. The Morgan fingerprint density at radius 2 is 2.10 bits per heavy atom. The lowest BCUT2D eigenvalue weighted by molar-refractivity contribution is -0.121. The van der Waals surface area contributed by atoms with E-state index >= 15 is 0 Å². The fraction of sp³-hybridized carbons (Fsp3) is 0.600. The molecule has 0 bridgehead atoms. The number of nitrogens with one attached hydrogen (secondary N) is 2. The van der Waals surface area contributed by atoms with Gasteiger partial charge in [0.2, 0.25) is 5.91 Å². The zero-order valence-corrected chi connectivity index (χ0v) is 12.8. The van der Waals surface area contributed by atoms with Crippen LogP contribution in [0.25, 0.3) is 0 Å². The summed E-state index contributed by atoms with van der Waals surface area (Å²) in [6.07, 6.45) is 5.17. The van der Waals surface area contributed by atoms with Gasteiger partial charge in [-0.2, -0.15) is 0 Å². The molecule has 5 nitrogen and oxygen atoms in total. The minimum absolute atomic E-state index is 0.0173. The molecule has 1 aromatic heterocycles. The molecule has 1 aliphatic carbocycles. The molecule has 2 amide bonds. The number of rotatable bonds is 5. The Kier molecular flexibility index (Phi) is 6.20. The molecule has 116 valence electrons. The first-order valence-corrected chi connectivity index (χ1v) is 8.30. The van der Waals surface area contributed by atoms with E-state index in [1.54, 1.807) is 12.1 Å². The summed E-state index contributed by atoms with van der Waals surface area (Å²) in [5, 5.41) is 16.8. The Hall–Kier alpha value is -1.40. The minimum atomic E-state index is -0.222. The van der Waals surface area contributed by atoms with E-state index in [9.17, 15) is 14.7 Å². The molecule has 1 saturated carbocycles. The number of hydrogen-bond acceptors (Lipinski definition) is 4. The molecule has 2 unspecified atom stereocenters. The van der Waals surface area contributed by atoms with Crippen LogP contribution in [0, 0.1) is 5.92 Å². The van der Waals surface area contributed by atoms with Crippen molar-refractivity contribution in [2.75, 3.05) is 13.2 Å². The van der Waals surface area contributed by atoms with Crippen LogP contribution in [0.3, 0.4) is 0 Å². The van der Waals surface area contributed by atoms with Crippen LogP contribution in [0.5, 0.6) is 0 Å². The zero-order valence-electron chi connectivity index (χ0n) is 12.0. The van der Waals surface area contributed by atoms with Gasteiger partial charge in [0.25, 0.3) is 5.91 Å². The van der Waals surface area contributed by atoms with Crippen molar-refractivity contribution in [3.05, 3.63) is 22.4 Å². The van der Waals surface area contributed by atoms with Gasteiger partial charge in [-0.1, -0.05) is 25.3 Å². The van der Waals surface area contributed by atoms with Gasteiger partial charge in [-0.05, 0) is 24.3 Å². The quantitative estimate of drug-likeness (QED) is 0.722. The topological polar surface area (TPSA) is 78.4 Å². The monoisotopic (exact) mass is 310 g/mol. The molecule has 3 N–H and O–H groups in total. The molecular formula is C15H22N2O3S. The number of hydrogen-bond donors (Lipinski definition) is 3. The molecule has 1 aromatic rings.